The average molecular weight is 332 g/mol. The first-order valence-corrected chi connectivity index (χ1v) is 10.6. The highest BCUT2D eigenvalue weighted by atomic mass is 15.0. The Kier molecular flexibility index (Phi) is 7.52. The van der Waals surface area contributed by atoms with Crippen molar-refractivity contribution < 1.29 is 0 Å². The van der Waals surface area contributed by atoms with Crippen molar-refractivity contribution in [2.45, 2.75) is 91.4 Å². The predicted molar refractivity (Wildman–Crippen MR) is 106 cm³/mol. The molecule has 0 saturated heterocycles. The Morgan fingerprint density at radius 1 is 0.958 bits per heavy atom. The van der Waals surface area contributed by atoms with Crippen molar-refractivity contribution in [2.75, 3.05) is 14.1 Å². The zero-order valence-electron chi connectivity index (χ0n) is 17.0. The first kappa shape index (κ1) is 19.7. The first-order chi connectivity index (χ1) is 11.4. The van der Waals surface area contributed by atoms with Crippen LogP contribution in [0.5, 0.6) is 0 Å². The van der Waals surface area contributed by atoms with Crippen molar-refractivity contribution in [3.05, 3.63) is 0 Å². The molecule has 2 fully saturated rings. The van der Waals surface area contributed by atoms with E-state index in [2.05, 4.69) is 32.7 Å². The van der Waals surface area contributed by atoms with E-state index >= 15 is 0 Å². The van der Waals surface area contributed by atoms with E-state index in [1.165, 1.54) is 64.2 Å². The summed E-state index contributed by atoms with van der Waals surface area (Å²) < 4.78 is 0. The summed E-state index contributed by atoms with van der Waals surface area (Å²) in [5.41, 5.74) is 0.678. The lowest BCUT2D eigenvalue weighted by Gasteiger charge is -2.51. The molecule has 2 rings (SSSR count). The quantitative estimate of drug-likeness (QED) is 0.256. The largest absolute Gasteiger partial charge is 0.339 e. The maximum absolute atomic E-state index is 3.24. The lowest BCUT2D eigenvalue weighted by molar-refractivity contribution is -0.0133. The van der Waals surface area contributed by atoms with Gasteiger partial charge in [0.2, 0.25) is 0 Å². The summed E-state index contributed by atoms with van der Waals surface area (Å²) in [4.78, 5) is 1.95. The van der Waals surface area contributed by atoms with Gasteiger partial charge >= 0.3 is 0 Å². The second kappa shape index (κ2) is 9.17. The Hall–Kier alpha value is -0.640. The summed E-state index contributed by atoms with van der Waals surface area (Å²) in [5, 5.41) is 0. The highest BCUT2D eigenvalue weighted by Crippen LogP contribution is 2.54. The van der Waals surface area contributed by atoms with Crippen molar-refractivity contribution in [2.24, 2.45) is 29.1 Å². The molecule has 1 heteroatoms. The third kappa shape index (κ3) is 6.02. The number of unbranched alkanes of at least 4 members (excludes halogenated alkanes) is 4. The smallest absolute Gasteiger partial charge is 0.0144 e. The highest BCUT2D eigenvalue weighted by molar-refractivity contribution is 4.96. The Labute approximate surface area is 152 Å². The fraction of sp³-hybridized carbons (Fsp3) is 0.913. The van der Waals surface area contributed by atoms with Gasteiger partial charge in [-0.05, 0) is 54.8 Å². The minimum atomic E-state index is 0.678. The molecule has 0 N–H and O–H groups in total. The fourth-order valence-electron chi connectivity index (χ4n) is 4.92. The topological polar surface area (TPSA) is 3.24 Å². The van der Waals surface area contributed by atoms with Crippen molar-refractivity contribution in [1.82, 2.24) is 4.90 Å². The molecule has 1 nitrogen and oxygen atoms in total. The second-order valence-electron chi connectivity index (χ2n) is 9.41. The summed E-state index contributed by atoms with van der Waals surface area (Å²) in [7, 11) is 4.02. The molecular formula is C23H41N. The molecule has 2 saturated carbocycles. The van der Waals surface area contributed by atoms with Gasteiger partial charge in [0.1, 0.15) is 0 Å². The number of rotatable bonds is 10. The summed E-state index contributed by atoms with van der Waals surface area (Å²) in [6, 6.07) is 3.10. The van der Waals surface area contributed by atoms with Crippen LogP contribution in [0.2, 0.25) is 0 Å². The molecule has 0 aliphatic heterocycles. The van der Waals surface area contributed by atoms with Crippen LogP contribution in [-0.4, -0.2) is 19.0 Å². The van der Waals surface area contributed by atoms with E-state index in [1.807, 2.05) is 19.0 Å². The minimum Gasteiger partial charge on any atom is -0.339 e. The molecule has 0 aromatic carbocycles. The van der Waals surface area contributed by atoms with Gasteiger partial charge in [-0.15, -0.1) is 0 Å². The van der Waals surface area contributed by atoms with Crippen LogP contribution in [0.1, 0.15) is 91.4 Å². The van der Waals surface area contributed by atoms with E-state index in [4.69, 9.17) is 0 Å². The van der Waals surface area contributed by atoms with Crippen molar-refractivity contribution in [3.8, 4) is 12.0 Å². The van der Waals surface area contributed by atoms with Gasteiger partial charge < -0.3 is 4.90 Å². The first-order valence-electron chi connectivity index (χ1n) is 10.6. The summed E-state index contributed by atoms with van der Waals surface area (Å²) in [6.07, 6.45) is 15.6. The molecule has 5 atom stereocenters. The molecule has 0 amide bonds. The molecule has 2 aliphatic rings. The molecular weight excluding hydrogens is 290 g/mol. The predicted octanol–water partition coefficient (Wildman–Crippen LogP) is 6.34. The van der Waals surface area contributed by atoms with Crippen LogP contribution in [-0.2, 0) is 0 Å². The van der Waals surface area contributed by atoms with Crippen LogP contribution < -0.4 is 0 Å². The SMILES string of the molecule is CC1CC(C)(CCCCC2CC2CCCCCC#CN(C)C)C1C. The third-order valence-corrected chi connectivity index (χ3v) is 7.06. The van der Waals surface area contributed by atoms with Crippen molar-refractivity contribution in [3.63, 3.8) is 0 Å². The monoisotopic (exact) mass is 331 g/mol. The lowest BCUT2D eigenvalue weighted by Crippen LogP contribution is -2.42. The number of hydrogen-bond acceptors (Lipinski definition) is 1. The van der Waals surface area contributed by atoms with Gasteiger partial charge in [0.25, 0.3) is 0 Å². The Morgan fingerprint density at radius 2 is 1.62 bits per heavy atom. The maximum Gasteiger partial charge on any atom is 0.0144 e. The number of nitrogens with zero attached hydrogens (tertiary/aromatic N) is 1. The lowest BCUT2D eigenvalue weighted by atomic mass is 9.54. The normalized spacial score (nSPS) is 34.2. The highest BCUT2D eigenvalue weighted by Gasteiger charge is 2.44. The standard InChI is InChI=1S/C23H41N/c1-19-18-23(3,20(19)2)15-11-10-14-22-17-21(22)13-9-7-6-8-12-16-24(4)5/h19-22H,6-11,13-15,17-18H2,1-5H3. The molecule has 24 heavy (non-hydrogen) atoms. The summed E-state index contributed by atoms with van der Waals surface area (Å²) >= 11 is 0. The molecule has 0 spiro atoms. The van der Waals surface area contributed by atoms with Crippen LogP contribution in [0.15, 0.2) is 0 Å². The molecule has 0 radical (unpaired) electrons. The second-order valence-corrected chi connectivity index (χ2v) is 9.41. The number of hydrogen-bond donors (Lipinski definition) is 0. The van der Waals surface area contributed by atoms with Crippen LogP contribution in [0.4, 0.5) is 0 Å². The van der Waals surface area contributed by atoms with E-state index in [0.29, 0.717) is 5.41 Å². The van der Waals surface area contributed by atoms with Crippen molar-refractivity contribution in [1.29, 1.82) is 0 Å². The van der Waals surface area contributed by atoms with E-state index in [1.54, 1.807) is 0 Å². The fourth-order valence-corrected chi connectivity index (χ4v) is 4.92. The zero-order valence-corrected chi connectivity index (χ0v) is 17.0. The van der Waals surface area contributed by atoms with Gasteiger partial charge in [0, 0.05) is 26.6 Å². The van der Waals surface area contributed by atoms with E-state index in [9.17, 15) is 0 Å². The molecule has 5 unspecified atom stereocenters. The van der Waals surface area contributed by atoms with Crippen LogP contribution in [0.3, 0.4) is 0 Å². The third-order valence-electron chi connectivity index (χ3n) is 7.06. The van der Waals surface area contributed by atoms with Gasteiger partial charge in [0.05, 0.1) is 0 Å². The van der Waals surface area contributed by atoms with Gasteiger partial charge in [-0.25, -0.2) is 0 Å². The van der Waals surface area contributed by atoms with E-state index in [0.717, 1.165) is 30.1 Å². The zero-order chi connectivity index (χ0) is 17.6. The van der Waals surface area contributed by atoms with Crippen LogP contribution >= 0.6 is 0 Å². The minimum absolute atomic E-state index is 0.678. The van der Waals surface area contributed by atoms with Gasteiger partial charge in [-0.3, -0.25) is 0 Å². The summed E-state index contributed by atoms with van der Waals surface area (Å²) in [6.45, 7) is 7.42. The Morgan fingerprint density at radius 3 is 2.21 bits per heavy atom. The van der Waals surface area contributed by atoms with Crippen LogP contribution in [0, 0.1) is 41.1 Å². The van der Waals surface area contributed by atoms with Gasteiger partial charge in [0.15, 0.2) is 0 Å². The summed E-state index contributed by atoms with van der Waals surface area (Å²) in [5.74, 6) is 7.32. The molecule has 0 aromatic heterocycles. The van der Waals surface area contributed by atoms with Gasteiger partial charge in [-0.2, -0.15) is 0 Å². The average Bonchev–Trinajstić information content (AvgIpc) is 3.28. The van der Waals surface area contributed by atoms with Gasteiger partial charge in [-0.1, -0.05) is 65.2 Å². The van der Waals surface area contributed by atoms with E-state index < -0.39 is 0 Å². The Balaban J connectivity index is 1.41. The molecule has 0 heterocycles. The maximum atomic E-state index is 3.24. The van der Waals surface area contributed by atoms with Crippen molar-refractivity contribution >= 4 is 0 Å². The van der Waals surface area contributed by atoms with Crippen LogP contribution in [0.25, 0.3) is 0 Å². The Bertz CT molecular complexity index is 429. The molecule has 2 aliphatic carbocycles. The molecule has 0 aromatic rings. The molecule has 138 valence electrons. The van der Waals surface area contributed by atoms with E-state index in [-0.39, 0.29) is 0 Å². The molecule has 0 bridgehead atoms.